The van der Waals surface area contributed by atoms with E-state index in [1.807, 2.05) is 13.0 Å². The van der Waals surface area contributed by atoms with Crippen LogP contribution in [-0.2, 0) is 4.79 Å². The Balaban J connectivity index is 1.65. The number of imide groups is 1. The molecule has 0 radical (unpaired) electrons. The Morgan fingerprint density at radius 2 is 1.84 bits per heavy atom. The van der Waals surface area contributed by atoms with E-state index in [9.17, 15) is 14.4 Å². The molecule has 1 aliphatic rings. The first-order valence-corrected chi connectivity index (χ1v) is 9.04. The van der Waals surface area contributed by atoms with E-state index in [4.69, 9.17) is 11.6 Å². The van der Waals surface area contributed by atoms with Crippen molar-refractivity contribution in [3.63, 3.8) is 0 Å². The molecule has 0 saturated heterocycles. The zero-order valence-corrected chi connectivity index (χ0v) is 16.2. The summed E-state index contributed by atoms with van der Waals surface area (Å²) in [6, 6.07) is 10.4. The monoisotopic (exact) mass is 468 g/mol. The van der Waals surface area contributed by atoms with Crippen molar-refractivity contribution in [2.24, 2.45) is 0 Å². The number of benzene rings is 2. The van der Waals surface area contributed by atoms with E-state index in [0.29, 0.717) is 21.8 Å². The van der Waals surface area contributed by atoms with Crippen molar-refractivity contribution < 1.29 is 14.4 Å². The molecule has 0 atom stereocenters. The highest BCUT2D eigenvalue weighted by Crippen LogP contribution is 2.25. The summed E-state index contributed by atoms with van der Waals surface area (Å²) in [5, 5.41) is 3.14. The first-order chi connectivity index (χ1) is 11.9. The Morgan fingerprint density at radius 3 is 2.56 bits per heavy atom. The molecule has 1 N–H and O–H groups in total. The number of rotatable bonds is 4. The number of amides is 3. The fourth-order valence-corrected chi connectivity index (χ4v) is 3.53. The van der Waals surface area contributed by atoms with Crippen LogP contribution in [0.25, 0.3) is 0 Å². The van der Waals surface area contributed by atoms with Crippen molar-refractivity contribution >= 4 is 57.6 Å². The number of nitrogens with zero attached hydrogens (tertiary/aromatic N) is 1. The fourth-order valence-electron chi connectivity index (χ4n) is 2.62. The Labute approximate surface area is 163 Å². The molecule has 0 aliphatic carbocycles. The van der Waals surface area contributed by atoms with Gasteiger partial charge in [0.25, 0.3) is 11.8 Å². The minimum Gasteiger partial charge on any atom is -0.325 e. The maximum Gasteiger partial charge on any atom is 0.261 e. The number of carbonyl (C=O) groups excluding carboxylic acids is 3. The van der Waals surface area contributed by atoms with E-state index in [1.54, 1.807) is 30.3 Å². The topological polar surface area (TPSA) is 66.5 Å². The van der Waals surface area contributed by atoms with E-state index in [2.05, 4.69) is 27.9 Å². The largest absolute Gasteiger partial charge is 0.325 e. The Hall–Kier alpha value is -1.93. The van der Waals surface area contributed by atoms with Crippen molar-refractivity contribution in [2.75, 3.05) is 11.9 Å². The minimum absolute atomic E-state index is 0.00671. The highest BCUT2D eigenvalue weighted by molar-refractivity contribution is 14.1. The maximum atomic E-state index is 12.4. The van der Waals surface area contributed by atoms with Gasteiger partial charge in [-0.15, -0.1) is 0 Å². The lowest BCUT2D eigenvalue weighted by molar-refractivity contribution is -0.116. The molecule has 0 aromatic heterocycles. The van der Waals surface area contributed by atoms with E-state index >= 15 is 0 Å². The molecule has 5 nitrogen and oxygen atoms in total. The van der Waals surface area contributed by atoms with Crippen LogP contribution in [0, 0.1) is 10.5 Å². The smallest absolute Gasteiger partial charge is 0.261 e. The van der Waals surface area contributed by atoms with Gasteiger partial charge in [-0.2, -0.15) is 0 Å². The van der Waals surface area contributed by atoms with Crippen LogP contribution in [0.3, 0.4) is 0 Å². The highest BCUT2D eigenvalue weighted by atomic mass is 127. The average molecular weight is 469 g/mol. The lowest BCUT2D eigenvalue weighted by Gasteiger charge is -2.14. The molecule has 3 amide bonds. The van der Waals surface area contributed by atoms with E-state index in [1.165, 1.54) is 0 Å². The summed E-state index contributed by atoms with van der Waals surface area (Å²) < 4.78 is 0.960. The zero-order valence-electron chi connectivity index (χ0n) is 13.3. The summed E-state index contributed by atoms with van der Waals surface area (Å²) in [6.07, 6.45) is 0.00671. The van der Waals surface area contributed by atoms with Crippen LogP contribution >= 0.6 is 34.2 Å². The minimum atomic E-state index is -0.361. The van der Waals surface area contributed by atoms with Gasteiger partial charge in [0, 0.05) is 16.5 Å². The van der Waals surface area contributed by atoms with Gasteiger partial charge in [0.1, 0.15) is 0 Å². The number of fused-ring (bicyclic) bond motifs is 1. The van der Waals surface area contributed by atoms with E-state index in [0.717, 1.165) is 14.0 Å². The van der Waals surface area contributed by atoms with Gasteiger partial charge in [0.2, 0.25) is 5.91 Å². The second-order valence-corrected chi connectivity index (χ2v) is 7.39. The molecule has 0 saturated carbocycles. The SMILES string of the molecule is Cc1ccc2c(c1)C(=O)N(CCC(=O)Nc1ccc(I)cc1Cl)C2=O. The predicted octanol–water partition coefficient (Wildman–Crippen LogP) is 3.88. The third kappa shape index (κ3) is 3.69. The van der Waals surface area contributed by atoms with Crippen LogP contribution in [0.5, 0.6) is 0 Å². The molecule has 1 heterocycles. The first kappa shape index (κ1) is 17.9. The lowest BCUT2D eigenvalue weighted by Crippen LogP contribution is -2.32. The van der Waals surface area contributed by atoms with Crippen molar-refractivity contribution in [3.8, 4) is 0 Å². The van der Waals surface area contributed by atoms with Crippen LogP contribution in [0.4, 0.5) is 5.69 Å². The van der Waals surface area contributed by atoms with Gasteiger partial charge < -0.3 is 5.32 Å². The highest BCUT2D eigenvalue weighted by Gasteiger charge is 2.35. The van der Waals surface area contributed by atoms with Gasteiger partial charge in [0.15, 0.2) is 0 Å². The average Bonchev–Trinajstić information content (AvgIpc) is 2.79. The second kappa shape index (κ2) is 7.13. The van der Waals surface area contributed by atoms with Crippen LogP contribution in [0.15, 0.2) is 36.4 Å². The quantitative estimate of drug-likeness (QED) is 0.547. The van der Waals surface area contributed by atoms with Crippen LogP contribution in [0.2, 0.25) is 5.02 Å². The summed E-state index contributed by atoms with van der Waals surface area (Å²) in [5.41, 5.74) is 2.20. The van der Waals surface area contributed by atoms with Crippen LogP contribution in [-0.4, -0.2) is 29.2 Å². The van der Waals surface area contributed by atoms with Crippen LogP contribution < -0.4 is 5.32 Å². The van der Waals surface area contributed by atoms with Gasteiger partial charge in [0.05, 0.1) is 21.8 Å². The van der Waals surface area contributed by atoms with Crippen molar-refractivity contribution in [3.05, 3.63) is 61.7 Å². The third-order valence-electron chi connectivity index (χ3n) is 3.89. The van der Waals surface area contributed by atoms with Crippen molar-refractivity contribution in [1.82, 2.24) is 4.90 Å². The molecule has 2 aromatic carbocycles. The lowest BCUT2D eigenvalue weighted by atomic mass is 10.1. The summed E-state index contributed by atoms with van der Waals surface area (Å²) in [7, 11) is 0. The molecule has 128 valence electrons. The molecule has 2 aromatic rings. The summed E-state index contributed by atoms with van der Waals surface area (Å²) >= 11 is 8.21. The van der Waals surface area contributed by atoms with Crippen LogP contribution in [0.1, 0.15) is 32.7 Å². The van der Waals surface area contributed by atoms with Gasteiger partial charge in [-0.3, -0.25) is 19.3 Å². The predicted molar refractivity (Wildman–Crippen MR) is 104 cm³/mol. The second-order valence-electron chi connectivity index (χ2n) is 5.73. The summed E-state index contributed by atoms with van der Waals surface area (Å²) in [5.74, 6) is -1.03. The van der Waals surface area contributed by atoms with Crippen molar-refractivity contribution in [1.29, 1.82) is 0 Å². The number of halogens is 2. The molecule has 7 heteroatoms. The number of carbonyl (C=O) groups is 3. The Morgan fingerprint density at radius 1 is 1.12 bits per heavy atom. The standard InChI is InChI=1S/C18H14ClIN2O3/c1-10-2-4-12-13(8-10)18(25)22(17(12)24)7-6-16(23)21-15-5-3-11(20)9-14(15)19/h2-5,8-9H,6-7H2,1H3,(H,21,23). The normalized spacial score (nSPS) is 13.2. The molecular weight excluding hydrogens is 455 g/mol. The van der Waals surface area contributed by atoms with E-state index in [-0.39, 0.29) is 30.7 Å². The molecule has 0 unspecified atom stereocenters. The fraction of sp³-hybridized carbons (Fsp3) is 0.167. The summed E-state index contributed by atoms with van der Waals surface area (Å²) in [4.78, 5) is 37.9. The van der Waals surface area contributed by atoms with Crippen molar-refractivity contribution in [2.45, 2.75) is 13.3 Å². The van der Waals surface area contributed by atoms with E-state index < -0.39 is 0 Å². The zero-order chi connectivity index (χ0) is 18.1. The first-order valence-electron chi connectivity index (χ1n) is 7.58. The molecule has 25 heavy (non-hydrogen) atoms. The number of hydrogen-bond donors (Lipinski definition) is 1. The number of nitrogens with one attached hydrogen (secondary N) is 1. The molecular formula is C18H14ClIN2O3. The molecule has 0 fully saturated rings. The molecule has 0 spiro atoms. The Bertz CT molecular complexity index is 898. The van der Waals surface area contributed by atoms with Gasteiger partial charge in [-0.1, -0.05) is 23.2 Å². The van der Waals surface area contributed by atoms with Gasteiger partial charge in [-0.25, -0.2) is 0 Å². The molecule has 3 rings (SSSR count). The number of hydrogen-bond acceptors (Lipinski definition) is 3. The number of anilines is 1. The van der Waals surface area contributed by atoms with Gasteiger partial charge in [-0.05, 0) is 59.8 Å². The molecule has 0 bridgehead atoms. The third-order valence-corrected chi connectivity index (χ3v) is 4.88. The number of aryl methyl sites for hydroxylation is 1. The molecule has 1 aliphatic heterocycles. The van der Waals surface area contributed by atoms with Gasteiger partial charge >= 0.3 is 0 Å². The summed E-state index contributed by atoms with van der Waals surface area (Å²) in [6.45, 7) is 1.89. The Kier molecular flexibility index (Phi) is 5.10. The maximum absolute atomic E-state index is 12.4.